The van der Waals surface area contributed by atoms with Gasteiger partial charge in [0.05, 0.1) is 6.10 Å². The highest BCUT2D eigenvalue weighted by atomic mass is 16.5. The van der Waals surface area contributed by atoms with Crippen molar-refractivity contribution in [1.82, 2.24) is 5.32 Å². The Morgan fingerprint density at radius 3 is 3.10 bits per heavy atom. The summed E-state index contributed by atoms with van der Waals surface area (Å²) in [5, 5.41) is 12.8. The van der Waals surface area contributed by atoms with E-state index < -0.39 is 12.2 Å². The minimum absolute atomic E-state index is 0.0965. The van der Waals surface area contributed by atoms with Crippen LogP contribution in [-0.4, -0.2) is 23.7 Å². The topological polar surface area (TPSA) is 58.6 Å². The molecular weight excluding hydrogens is 254 g/mol. The van der Waals surface area contributed by atoms with Crippen LogP contribution < -0.4 is 10.1 Å². The third kappa shape index (κ3) is 3.31. The van der Waals surface area contributed by atoms with Crippen molar-refractivity contribution in [3.8, 4) is 5.75 Å². The summed E-state index contributed by atoms with van der Waals surface area (Å²) in [6, 6.07) is 5.69. The summed E-state index contributed by atoms with van der Waals surface area (Å²) in [4.78, 5) is 11.9. The molecule has 0 saturated carbocycles. The largest absolute Gasteiger partial charge is 0.481 e. The number of nitrogens with one attached hydrogen (secondary N) is 1. The predicted octanol–water partition coefficient (Wildman–Crippen LogP) is 2.35. The average molecular weight is 277 g/mol. The molecule has 0 spiro atoms. The molecule has 1 aliphatic rings. The highest BCUT2D eigenvalue weighted by Gasteiger charge is 2.23. The zero-order valence-electron chi connectivity index (χ0n) is 12.2. The van der Waals surface area contributed by atoms with E-state index in [4.69, 9.17) is 4.74 Å². The van der Waals surface area contributed by atoms with Gasteiger partial charge in [-0.05, 0) is 49.8 Å². The summed E-state index contributed by atoms with van der Waals surface area (Å²) in [6.45, 7) is 4.43. The third-order valence-corrected chi connectivity index (χ3v) is 3.65. The minimum Gasteiger partial charge on any atom is -0.481 e. The number of benzene rings is 1. The second-order valence-corrected chi connectivity index (χ2v) is 5.28. The van der Waals surface area contributed by atoms with E-state index in [1.54, 1.807) is 6.92 Å². The Kier molecular flexibility index (Phi) is 5.01. The molecule has 1 amide bonds. The van der Waals surface area contributed by atoms with Crippen LogP contribution >= 0.6 is 0 Å². The summed E-state index contributed by atoms with van der Waals surface area (Å²) in [5.41, 5.74) is 1.98. The molecule has 2 atom stereocenters. The molecule has 0 fully saturated rings. The minimum atomic E-state index is -0.521. The van der Waals surface area contributed by atoms with E-state index in [0.29, 0.717) is 6.54 Å². The quantitative estimate of drug-likeness (QED) is 0.868. The van der Waals surface area contributed by atoms with Crippen molar-refractivity contribution in [3.63, 3.8) is 0 Å². The highest BCUT2D eigenvalue weighted by molar-refractivity contribution is 5.80. The Bertz CT molecular complexity index is 473. The van der Waals surface area contributed by atoms with Crippen LogP contribution in [0.1, 0.15) is 50.3 Å². The van der Waals surface area contributed by atoms with Gasteiger partial charge in [0.25, 0.3) is 5.91 Å². The first-order chi connectivity index (χ1) is 9.63. The van der Waals surface area contributed by atoms with E-state index in [1.807, 2.05) is 25.1 Å². The molecule has 0 radical (unpaired) electrons. The predicted molar refractivity (Wildman–Crippen MR) is 77.7 cm³/mol. The fourth-order valence-electron chi connectivity index (χ4n) is 2.54. The molecule has 4 nitrogen and oxygen atoms in total. The number of carbonyl (C=O) groups excluding carboxylic acids is 1. The van der Waals surface area contributed by atoms with E-state index in [2.05, 4.69) is 5.32 Å². The van der Waals surface area contributed by atoms with Crippen LogP contribution in [0, 0.1) is 0 Å². The summed E-state index contributed by atoms with van der Waals surface area (Å²) in [5.74, 6) is 0.626. The van der Waals surface area contributed by atoms with Crippen LogP contribution in [0.3, 0.4) is 0 Å². The van der Waals surface area contributed by atoms with E-state index in [0.717, 1.165) is 42.6 Å². The molecule has 0 heterocycles. The van der Waals surface area contributed by atoms with Crippen molar-refractivity contribution in [3.05, 3.63) is 29.3 Å². The van der Waals surface area contributed by atoms with E-state index in [-0.39, 0.29) is 5.91 Å². The van der Waals surface area contributed by atoms with Gasteiger partial charge in [0.2, 0.25) is 0 Å². The van der Waals surface area contributed by atoms with Crippen LogP contribution in [0.25, 0.3) is 0 Å². The molecule has 110 valence electrons. The molecular formula is C16H23NO3. The number of ether oxygens (including phenoxy) is 1. The number of carbonyl (C=O) groups is 1. The fourth-order valence-corrected chi connectivity index (χ4v) is 2.54. The third-order valence-electron chi connectivity index (χ3n) is 3.65. The SMILES string of the molecule is CCCNC(=O)C(C)Oc1cccc2c1CCCC2O. The number of hydrogen-bond donors (Lipinski definition) is 2. The Morgan fingerprint density at radius 1 is 1.55 bits per heavy atom. The van der Waals surface area contributed by atoms with Gasteiger partial charge >= 0.3 is 0 Å². The Hall–Kier alpha value is -1.55. The van der Waals surface area contributed by atoms with Crippen molar-refractivity contribution in [2.24, 2.45) is 0 Å². The molecule has 2 N–H and O–H groups in total. The molecule has 1 aromatic rings. The highest BCUT2D eigenvalue weighted by Crippen LogP contribution is 2.35. The number of aliphatic hydroxyl groups is 1. The van der Waals surface area contributed by atoms with Gasteiger partial charge in [0.1, 0.15) is 5.75 Å². The van der Waals surface area contributed by atoms with Gasteiger partial charge in [-0.15, -0.1) is 0 Å². The van der Waals surface area contributed by atoms with Crippen LogP contribution in [0.4, 0.5) is 0 Å². The number of hydrogen-bond acceptors (Lipinski definition) is 3. The van der Waals surface area contributed by atoms with E-state index in [1.165, 1.54) is 0 Å². The number of aliphatic hydroxyl groups excluding tert-OH is 1. The summed E-state index contributed by atoms with van der Waals surface area (Å²) >= 11 is 0. The Morgan fingerprint density at radius 2 is 2.35 bits per heavy atom. The normalized spacial score (nSPS) is 19.1. The van der Waals surface area contributed by atoms with Gasteiger partial charge in [-0.1, -0.05) is 19.1 Å². The average Bonchev–Trinajstić information content (AvgIpc) is 2.45. The van der Waals surface area contributed by atoms with Crippen LogP contribution in [0.5, 0.6) is 5.75 Å². The molecule has 20 heavy (non-hydrogen) atoms. The number of amides is 1. The van der Waals surface area contributed by atoms with Gasteiger partial charge in [-0.3, -0.25) is 4.79 Å². The maximum Gasteiger partial charge on any atom is 0.260 e. The molecule has 1 aromatic carbocycles. The maximum absolute atomic E-state index is 11.9. The molecule has 1 aliphatic carbocycles. The lowest BCUT2D eigenvalue weighted by atomic mass is 9.89. The zero-order chi connectivity index (χ0) is 14.5. The lowest BCUT2D eigenvalue weighted by molar-refractivity contribution is -0.127. The van der Waals surface area contributed by atoms with Crippen LogP contribution in [0.2, 0.25) is 0 Å². The lowest BCUT2D eigenvalue weighted by Crippen LogP contribution is -2.36. The molecule has 2 unspecified atom stereocenters. The van der Waals surface area contributed by atoms with Crippen molar-refractivity contribution < 1.29 is 14.6 Å². The Labute approximate surface area is 120 Å². The fraction of sp³-hybridized carbons (Fsp3) is 0.562. The molecule has 0 aromatic heterocycles. The van der Waals surface area contributed by atoms with Crippen molar-refractivity contribution >= 4 is 5.91 Å². The monoisotopic (exact) mass is 277 g/mol. The van der Waals surface area contributed by atoms with Crippen molar-refractivity contribution in [2.45, 2.75) is 51.7 Å². The maximum atomic E-state index is 11.9. The van der Waals surface area contributed by atoms with Gasteiger partial charge in [-0.2, -0.15) is 0 Å². The molecule has 0 saturated heterocycles. The van der Waals surface area contributed by atoms with Gasteiger partial charge in [-0.25, -0.2) is 0 Å². The lowest BCUT2D eigenvalue weighted by Gasteiger charge is -2.25. The first kappa shape index (κ1) is 14.9. The Balaban J connectivity index is 2.10. The van der Waals surface area contributed by atoms with Gasteiger partial charge in [0.15, 0.2) is 6.10 Å². The van der Waals surface area contributed by atoms with Crippen LogP contribution in [0.15, 0.2) is 18.2 Å². The molecule has 2 rings (SSSR count). The van der Waals surface area contributed by atoms with E-state index in [9.17, 15) is 9.90 Å². The van der Waals surface area contributed by atoms with Gasteiger partial charge < -0.3 is 15.2 Å². The molecule has 4 heteroatoms. The number of fused-ring (bicyclic) bond motifs is 1. The van der Waals surface area contributed by atoms with Crippen LogP contribution in [-0.2, 0) is 11.2 Å². The standard InChI is InChI=1S/C16H23NO3/c1-3-10-17-16(19)11(2)20-15-9-5-6-12-13(15)7-4-8-14(12)18/h5-6,9,11,14,18H,3-4,7-8,10H2,1-2H3,(H,17,19). The number of rotatable bonds is 5. The first-order valence-electron chi connectivity index (χ1n) is 7.37. The summed E-state index contributed by atoms with van der Waals surface area (Å²) < 4.78 is 5.80. The van der Waals surface area contributed by atoms with Gasteiger partial charge in [0, 0.05) is 6.54 Å². The van der Waals surface area contributed by atoms with E-state index >= 15 is 0 Å². The molecule has 0 aliphatic heterocycles. The smallest absolute Gasteiger partial charge is 0.260 e. The summed E-state index contributed by atoms with van der Waals surface area (Å²) in [7, 11) is 0. The van der Waals surface area contributed by atoms with Crippen molar-refractivity contribution in [1.29, 1.82) is 0 Å². The summed E-state index contributed by atoms with van der Waals surface area (Å²) in [6.07, 6.45) is 2.62. The second-order valence-electron chi connectivity index (χ2n) is 5.28. The van der Waals surface area contributed by atoms with Crippen molar-refractivity contribution in [2.75, 3.05) is 6.54 Å². The second kappa shape index (κ2) is 6.75. The zero-order valence-corrected chi connectivity index (χ0v) is 12.2. The first-order valence-corrected chi connectivity index (χ1v) is 7.37. The molecule has 0 bridgehead atoms.